The second-order valence-corrected chi connectivity index (χ2v) is 2.09. The second kappa shape index (κ2) is 22.5. The first-order valence-corrected chi connectivity index (χ1v) is 2.89. The Morgan fingerprint density at radius 2 is 1.55 bits per heavy atom. The monoisotopic (exact) mass is 388 g/mol. The van der Waals surface area contributed by atoms with Gasteiger partial charge in [-0.1, -0.05) is 0 Å². The number of nitrogens with two attached hydrogens (primary N) is 1. The summed E-state index contributed by atoms with van der Waals surface area (Å²) in [6, 6.07) is 0. The van der Waals surface area contributed by atoms with Gasteiger partial charge in [-0.25, -0.2) is 0 Å². The Kier molecular flexibility index (Phi) is 46.3. The lowest BCUT2D eigenvalue weighted by Gasteiger charge is -1.90. The van der Waals surface area contributed by atoms with Crippen molar-refractivity contribution in [2.24, 2.45) is 5.73 Å². The minimum absolute atomic E-state index is 0. The summed E-state index contributed by atoms with van der Waals surface area (Å²) in [7, 11) is 6.00. The Labute approximate surface area is 103 Å². The van der Waals surface area contributed by atoms with Gasteiger partial charge in [-0.05, 0) is 27.7 Å². The van der Waals surface area contributed by atoms with Crippen molar-refractivity contribution in [3.63, 3.8) is 0 Å². The van der Waals surface area contributed by atoms with E-state index in [1.54, 1.807) is 0 Å². The summed E-state index contributed by atoms with van der Waals surface area (Å²) in [6.07, 6.45) is 1.29. The van der Waals surface area contributed by atoms with Crippen LogP contribution in [0.15, 0.2) is 0 Å². The molecule has 0 aliphatic rings. The van der Waals surface area contributed by atoms with E-state index in [0.29, 0.717) is 13.0 Å². The van der Waals surface area contributed by atoms with Crippen LogP contribution in [0.4, 0.5) is 0 Å². The van der Waals surface area contributed by atoms with E-state index in [1.807, 2.05) is 26.0 Å². The number of nitrogens with zero attached hydrogens (tertiary/aromatic N) is 1. The fourth-order valence-electron chi connectivity index (χ4n) is 0.0680. The molecule has 0 aromatic rings. The largest absolute Gasteiger partial charge is 0.330 e. The quantitative estimate of drug-likeness (QED) is 0.566. The molecule has 0 aliphatic heterocycles. The first-order valence-electron chi connectivity index (χ1n) is 2.89. The van der Waals surface area contributed by atoms with Gasteiger partial charge in [0.25, 0.3) is 0 Å². The van der Waals surface area contributed by atoms with E-state index in [0.717, 1.165) is 6.29 Å². The van der Waals surface area contributed by atoms with Crippen molar-refractivity contribution < 1.29 is 4.79 Å². The number of carbonyl (C=O) groups excluding carboxylic acids is 1. The van der Waals surface area contributed by atoms with Crippen LogP contribution in [0.3, 0.4) is 0 Å². The maximum Gasteiger partial charge on any atom is 0.121 e. The Hall–Kier alpha value is 1.05. The lowest BCUT2D eigenvalue weighted by atomic mass is 10.5. The maximum absolute atomic E-state index is 9.32. The standard InChI is InChI=1S/C3H7NO.C3H9N.2HI/c4-2-1-3-5;1-4(2)3;;/h3H,1-2,4H2;1-3H3;2*1H. The van der Waals surface area contributed by atoms with Crippen LogP contribution in [0.5, 0.6) is 0 Å². The van der Waals surface area contributed by atoms with Gasteiger partial charge in [-0.15, -0.1) is 48.0 Å². The maximum atomic E-state index is 9.32. The molecule has 0 amide bonds. The average Bonchev–Trinajstić information content (AvgIpc) is 1.66. The van der Waals surface area contributed by atoms with Gasteiger partial charge in [-0.3, -0.25) is 0 Å². The highest BCUT2D eigenvalue weighted by Gasteiger charge is 1.66. The zero-order chi connectivity index (χ0) is 7.70. The molecule has 0 aliphatic carbocycles. The topological polar surface area (TPSA) is 46.3 Å². The number of hydrogen-bond acceptors (Lipinski definition) is 3. The first-order chi connectivity index (χ1) is 4.15. The predicted octanol–water partition coefficient (Wildman–Crippen LogP) is 0.948. The molecule has 72 valence electrons. The lowest BCUT2D eigenvalue weighted by molar-refractivity contribution is -0.107. The van der Waals surface area contributed by atoms with Gasteiger partial charge < -0.3 is 15.4 Å². The summed E-state index contributed by atoms with van der Waals surface area (Å²) in [5, 5.41) is 0. The molecule has 0 aromatic heterocycles. The van der Waals surface area contributed by atoms with E-state index in [9.17, 15) is 4.79 Å². The van der Waals surface area contributed by atoms with Crippen LogP contribution in [-0.4, -0.2) is 38.9 Å². The minimum Gasteiger partial charge on any atom is -0.330 e. The smallest absolute Gasteiger partial charge is 0.121 e. The second-order valence-electron chi connectivity index (χ2n) is 2.09. The Balaban J connectivity index is -0.0000000383. The molecule has 0 radical (unpaired) electrons. The summed E-state index contributed by atoms with van der Waals surface area (Å²) in [5.74, 6) is 0. The molecule has 0 saturated carbocycles. The van der Waals surface area contributed by atoms with Gasteiger partial charge in [-0.2, -0.15) is 0 Å². The molecule has 0 heterocycles. The zero-order valence-corrected chi connectivity index (χ0v) is 11.9. The van der Waals surface area contributed by atoms with Crippen LogP contribution in [0.2, 0.25) is 0 Å². The zero-order valence-electron chi connectivity index (χ0n) is 7.24. The van der Waals surface area contributed by atoms with Crippen LogP contribution < -0.4 is 5.73 Å². The summed E-state index contributed by atoms with van der Waals surface area (Å²) in [5.41, 5.74) is 4.91. The Morgan fingerprint density at radius 3 is 1.55 bits per heavy atom. The average molecular weight is 388 g/mol. The highest BCUT2D eigenvalue weighted by molar-refractivity contribution is 14.0. The third-order valence-electron chi connectivity index (χ3n) is 0.285. The Morgan fingerprint density at radius 1 is 1.27 bits per heavy atom. The molecule has 0 unspecified atom stereocenters. The molecule has 0 spiro atoms. The lowest BCUT2D eigenvalue weighted by Crippen LogP contribution is -1.99. The molecule has 3 nitrogen and oxygen atoms in total. The van der Waals surface area contributed by atoms with Crippen LogP contribution in [0, 0.1) is 0 Å². The fraction of sp³-hybridized carbons (Fsp3) is 0.833. The van der Waals surface area contributed by atoms with Crippen molar-refractivity contribution in [3.8, 4) is 0 Å². The molecular formula is C6H18I2N2O. The number of aldehydes is 1. The molecule has 0 rings (SSSR count). The van der Waals surface area contributed by atoms with Gasteiger partial charge >= 0.3 is 0 Å². The SMILES string of the molecule is CN(C)C.I.I.NCCC=O. The molecular weight excluding hydrogens is 370 g/mol. The molecule has 0 atom stereocenters. The molecule has 2 N–H and O–H groups in total. The number of halogens is 2. The summed E-state index contributed by atoms with van der Waals surface area (Å²) in [6.45, 7) is 0.476. The molecule has 0 saturated heterocycles. The van der Waals surface area contributed by atoms with Gasteiger partial charge in [0.2, 0.25) is 0 Å². The molecule has 0 aromatic carbocycles. The molecule has 5 heteroatoms. The fourth-order valence-corrected chi connectivity index (χ4v) is 0.0680. The third kappa shape index (κ3) is 97.3. The van der Waals surface area contributed by atoms with E-state index in [-0.39, 0.29) is 48.0 Å². The van der Waals surface area contributed by atoms with Crippen molar-refractivity contribution in [2.75, 3.05) is 27.7 Å². The van der Waals surface area contributed by atoms with E-state index < -0.39 is 0 Å². The van der Waals surface area contributed by atoms with Crippen LogP contribution >= 0.6 is 48.0 Å². The van der Waals surface area contributed by atoms with Gasteiger partial charge in [0.1, 0.15) is 6.29 Å². The summed E-state index contributed by atoms with van der Waals surface area (Å²) >= 11 is 0. The number of rotatable bonds is 2. The predicted molar refractivity (Wildman–Crippen MR) is 70.2 cm³/mol. The van der Waals surface area contributed by atoms with Crippen LogP contribution in [0.25, 0.3) is 0 Å². The van der Waals surface area contributed by atoms with Crippen LogP contribution in [0.1, 0.15) is 6.42 Å². The normalized spacial score (nSPS) is 6.64. The molecule has 11 heavy (non-hydrogen) atoms. The highest BCUT2D eigenvalue weighted by Crippen LogP contribution is 1.54. The molecule has 0 bridgehead atoms. The molecule has 0 fully saturated rings. The third-order valence-corrected chi connectivity index (χ3v) is 0.285. The summed E-state index contributed by atoms with van der Waals surface area (Å²) in [4.78, 5) is 11.3. The van der Waals surface area contributed by atoms with Crippen LogP contribution in [-0.2, 0) is 4.79 Å². The first kappa shape index (κ1) is 22.7. The number of hydrogen-bond donors (Lipinski definition) is 1. The summed E-state index contributed by atoms with van der Waals surface area (Å²) < 4.78 is 0. The number of carbonyl (C=O) groups is 1. The van der Waals surface area contributed by atoms with E-state index >= 15 is 0 Å². The highest BCUT2D eigenvalue weighted by atomic mass is 127. The van der Waals surface area contributed by atoms with Crippen molar-refractivity contribution in [3.05, 3.63) is 0 Å². The van der Waals surface area contributed by atoms with Crippen molar-refractivity contribution >= 4 is 54.2 Å². The van der Waals surface area contributed by atoms with Crippen molar-refractivity contribution in [2.45, 2.75) is 6.42 Å². The van der Waals surface area contributed by atoms with Gasteiger partial charge in [0.05, 0.1) is 0 Å². The minimum atomic E-state index is 0. The van der Waals surface area contributed by atoms with E-state index in [1.165, 1.54) is 0 Å². The van der Waals surface area contributed by atoms with Gasteiger partial charge in [0, 0.05) is 6.42 Å². The van der Waals surface area contributed by atoms with Gasteiger partial charge in [0.15, 0.2) is 0 Å². The Bertz CT molecular complexity index is 59.8. The van der Waals surface area contributed by atoms with E-state index in [2.05, 4.69) is 0 Å². The van der Waals surface area contributed by atoms with E-state index in [4.69, 9.17) is 5.73 Å². The van der Waals surface area contributed by atoms with Crippen molar-refractivity contribution in [1.29, 1.82) is 0 Å². The van der Waals surface area contributed by atoms with Crippen molar-refractivity contribution in [1.82, 2.24) is 4.90 Å².